The molecule has 0 rings (SSSR count). The van der Waals surface area contributed by atoms with Crippen LogP contribution in [-0.4, -0.2) is 35.3 Å². The van der Waals surface area contributed by atoms with E-state index in [1.54, 1.807) is 11.8 Å². The van der Waals surface area contributed by atoms with Crippen molar-refractivity contribution in [1.82, 2.24) is 5.32 Å². The van der Waals surface area contributed by atoms with Crippen molar-refractivity contribution in [2.45, 2.75) is 43.9 Å². The predicted octanol–water partition coefficient (Wildman–Crippen LogP) is 1.77. The Morgan fingerprint density at radius 2 is 2.27 bits per heavy atom. The Hall–Kier alpha value is -0.240. The summed E-state index contributed by atoms with van der Waals surface area (Å²) in [7, 11) is 1.84. The first-order valence-corrected chi connectivity index (χ1v) is 6.51. The molecule has 0 spiro atoms. The van der Waals surface area contributed by atoms with Gasteiger partial charge in [-0.25, -0.2) is 0 Å². The predicted molar refractivity (Wildman–Crippen MR) is 65.9 cm³/mol. The van der Waals surface area contributed by atoms with Gasteiger partial charge in [0.05, 0.1) is 12.7 Å². The highest BCUT2D eigenvalue weighted by atomic mass is 32.2. The van der Waals surface area contributed by atoms with Gasteiger partial charge in [0, 0.05) is 5.25 Å². The highest BCUT2D eigenvalue weighted by molar-refractivity contribution is 7.99. The first kappa shape index (κ1) is 14.8. The standard InChI is InChI=1S/C11H22N2OS/c1-4-11(9-12,13-3)6-5-7-15-10(2)8-14/h10,13-14H,4-8H2,1-3H3. The van der Waals surface area contributed by atoms with Gasteiger partial charge in [0.15, 0.2) is 0 Å². The van der Waals surface area contributed by atoms with Gasteiger partial charge in [-0.2, -0.15) is 17.0 Å². The van der Waals surface area contributed by atoms with Crippen molar-refractivity contribution < 1.29 is 5.11 Å². The van der Waals surface area contributed by atoms with E-state index in [9.17, 15) is 0 Å². The summed E-state index contributed by atoms with van der Waals surface area (Å²) in [6.07, 6.45) is 2.72. The van der Waals surface area contributed by atoms with Crippen molar-refractivity contribution in [3.8, 4) is 6.07 Å². The van der Waals surface area contributed by atoms with Crippen LogP contribution in [-0.2, 0) is 0 Å². The highest BCUT2D eigenvalue weighted by Gasteiger charge is 2.24. The number of thioether (sulfide) groups is 1. The Morgan fingerprint density at radius 1 is 1.60 bits per heavy atom. The molecule has 0 radical (unpaired) electrons. The molecule has 0 saturated heterocycles. The number of hydrogen-bond acceptors (Lipinski definition) is 4. The number of aliphatic hydroxyl groups is 1. The van der Waals surface area contributed by atoms with E-state index in [0.29, 0.717) is 5.25 Å². The average Bonchev–Trinajstić information content (AvgIpc) is 2.30. The second-order valence-corrected chi connectivity index (χ2v) is 5.31. The molecule has 3 nitrogen and oxygen atoms in total. The summed E-state index contributed by atoms with van der Waals surface area (Å²) in [5.74, 6) is 1.01. The SMILES string of the molecule is CCC(C#N)(CCCSC(C)CO)NC. The first-order chi connectivity index (χ1) is 7.14. The smallest absolute Gasteiger partial charge is 0.106 e. The van der Waals surface area contributed by atoms with E-state index in [-0.39, 0.29) is 12.1 Å². The topological polar surface area (TPSA) is 56.0 Å². The minimum atomic E-state index is -0.358. The fourth-order valence-corrected chi connectivity index (χ4v) is 2.20. The van der Waals surface area contributed by atoms with Crippen LogP contribution in [0, 0.1) is 11.3 Å². The lowest BCUT2D eigenvalue weighted by atomic mass is 9.93. The van der Waals surface area contributed by atoms with E-state index in [2.05, 4.69) is 11.4 Å². The summed E-state index contributed by atoms with van der Waals surface area (Å²) in [6, 6.07) is 2.35. The number of hydrogen-bond donors (Lipinski definition) is 2. The van der Waals surface area contributed by atoms with E-state index < -0.39 is 0 Å². The summed E-state index contributed by atoms with van der Waals surface area (Å²) in [5, 5.41) is 21.3. The molecule has 0 aromatic heterocycles. The van der Waals surface area contributed by atoms with Gasteiger partial charge in [-0.3, -0.25) is 0 Å². The maximum atomic E-state index is 9.07. The number of nitriles is 1. The molecule has 0 amide bonds. The molecule has 0 heterocycles. The summed E-state index contributed by atoms with van der Waals surface area (Å²) in [6.45, 7) is 4.27. The van der Waals surface area contributed by atoms with Gasteiger partial charge in [0.1, 0.15) is 5.54 Å². The van der Waals surface area contributed by atoms with Crippen LogP contribution in [0.3, 0.4) is 0 Å². The van der Waals surface area contributed by atoms with E-state index in [1.165, 1.54) is 0 Å². The zero-order valence-corrected chi connectivity index (χ0v) is 10.7. The Kier molecular flexibility index (Phi) is 7.85. The van der Waals surface area contributed by atoms with Gasteiger partial charge in [0.2, 0.25) is 0 Å². The van der Waals surface area contributed by atoms with E-state index in [4.69, 9.17) is 10.4 Å². The zero-order chi connectivity index (χ0) is 11.7. The molecular formula is C11H22N2OS. The lowest BCUT2D eigenvalue weighted by molar-refractivity contribution is 0.300. The van der Waals surface area contributed by atoms with Crippen LogP contribution in [0.4, 0.5) is 0 Å². The van der Waals surface area contributed by atoms with Crippen molar-refractivity contribution in [2.24, 2.45) is 0 Å². The molecule has 0 fully saturated rings. The van der Waals surface area contributed by atoms with Gasteiger partial charge in [-0.05, 0) is 32.1 Å². The molecular weight excluding hydrogens is 208 g/mol. The van der Waals surface area contributed by atoms with Crippen molar-refractivity contribution in [3.63, 3.8) is 0 Å². The molecule has 15 heavy (non-hydrogen) atoms. The Labute approximate surface area is 97.2 Å². The van der Waals surface area contributed by atoms with Crippen LogP contribution < -0.4 is 5.32 Å². The second-order valence-electron chi connectivity index (χ2n) is 3.76. The third-order valence-corrected chi connectivity index (χ3v) is 3.95. The molecule has 0 bridgehead atoms. The maximum absolute atomic E-state index is 9.07. The molecule has 0 aromatic carbocycles. The third-order valence-electron chi connectivity index (χ3n) is 2.70. The molecule has 2 unspecified atom stereocenters. The van der Waals surface area contributed by atoms with E-state index in [0.717, 1.165) is 25.0 Å². The van der Waals surface area contributed by atoms with Crippen molar-refractivity contribution in [1.29, 1.82) is 5.26 Å². The van der Waals surface area contributed by atoms with Gasteiger partial charge >= 0.3 is 0 Å². The number of nitrogens with zero attached hydrogens (tertiary/aromatic N) is 1. The quantitative estimate of drug-likeness (QED) is 0.624. The molecule has 0 aliphatic rings. The first-order valence-electron chi connectivity index (χ1n) is 5.46. The fraction of sp³-hybridized carbons (Fsp3) is 0.909. The highest BCUT2D eigenvalue weighted by Crippen LogP contribution is 2.19. The molecule has 0 aliphatic heterocycles. The molecule has 88 valence electrons. The van der Waals surface area contributed by atoms with Crippen molar-refractivity contribution >= 4 is 11.8 Å². The second kappa shape index (κ2) is 7.98. The molecule has 4 heteroatoms. The number of aliphatic hydroxyl groups excluding tert-OH is 1. The average molecular weight is 230 g/mol. The van der Waals surface area contributed by atoms with Crippen LogP contribution in [0.25, 0.3) is 0 Å². The van der Waals surface area contributed by atoms with Crippen LogP contribution in [0.15, 0.2) is 0 Å². The molecule has 0 aliphatic carbocycles. The normalized spacial score (nSPS) is 16.7. The Balaban J connectivity index is 3.78. The number of nitrogens with one attached hydrogen (secondary N) is 1. The van der Waals surface area contributed by atoms with Crippen molar-refractivity contribution in [3.05, 3.63) is 0 Å². The van der Waals surface area contributed by atoms with Gasteiger partial charge in [0.25, 0.3) is 0 Å². The fourth-order valence-electron chi connectivity index (χ4n) is 1.38. The van der Waals surface area contributed by atoms with Gasteiger partial charge < -0.3 is 10.4 Å². The maximum Gasteiger partial charge on any atom is 0.106 e. The van der Waals surface area contributed by atoms with Crippen LogP contribution >= 0.6 is 11.8 Å². The van der Waals surface area contributed by atoms with Crippen LogP contribution in [0.2, 0.25) is 0 Å². The third kappa shape index (κ3) is 5.41. The van der Waals surface area contributed by atoms with E-state index in [1.807, 2.05) is 20.9 Å². The monoisotopic (exact) mass is 230 g/mol. The summed E-state index contributed by atoms with van der Waals surface area (Å²) in [5.41, 5.74) is -0.358. The Morgan fingerprint density at radius 3 is 2.67 bits per heavy atom. The molecule has 0 saturated carbocycles. The number of rotatable bonds is 8. The van der Waals surface area contributed by atoms with Crippen molar-refractivity contribution in [2.75, 3.05) is 19.4 Å². The van der Waals surface area contributed by atoms with Gasteiger partial charge in [-0.1, -0.05) is 13.8 Å². The van der Waals surface area contributed by atoms with Crippen LogP contribution in [0.1, 0.15) is 33.1 Å². The lowest BCUT2D eigenvalue weighted by Crippen LogP contribution is -2.40. The van der Waals surface area contributed by atoms with Gasteiger partial charge in [-0.15, -0.1) is 0 Å². The van der Waals surface area contributed by atoms with Crippen LogP contribution in [0.5, 0.6) is 0 Å². The minimum absolute atomic E-state index is 0.230. The summed E-state index contributed by atoms with van der Waals surface area (Å²) < 4.78 is 0. The Bertz CT molecular complexity index is 199. The zero-order valence-electron chi connectivity index (χ0n) is 9.92. The summed E-state index contributed by atoms with van der Waals surface area (Å²) in [4.78, 5) is 0. The minimum Gasteiger partial charge on any atom is -0.395 e. The molecule has 0 aromatic rings. The van der Waals surface area contributed by atoms with E-state index >= 15 is 0 Å². The molecule has 2 N–H and O–H groups in total. The molecule has 2 atom stereocenters. The lowest BCUT2D eigenvalue weighted by Gasteiger charge is -2.24. The summed E-state index contributed by atoms with van der Waals surface area (Å²) >= 11 is 1.76. The largest absolute Gasteiger partial charge is 0.395 e.